The van der Waals surface area contributed by atoms with Gasteiger partial charge in [0.1, 0.15) is 5.52 Å². The van der Waals surface area contributed by atoms with Crippen molar-refractivity contribution in [3.05, 3.63) is 17.3 Å². The van der Waals surface area contributed by atoms with E-state index in [0.29, 0.717) is 22.1 Å². The zero-order chi connectivity index (χ0) is 13.4. The molecule has 0 spiro atoms. The third-order valence-corrected chi connectivity index (χ3v) is 3.71. The molecule has 0 saturated carbocycles. The van der Waals surface area contributed by atoms with E-state index < -0.39 is 0 Å². The Bertz CT molecular complexity index is 618. The molecule has 0 radical (unpaired) electrons. The minimum atomic E-state index is -0.154. The van der Waals surface area contributed by atoms with Crippen LogP contribution in [-0.2, 0) is 0 Å². The summed E-state index contributed by atoms with van der Waals surface area (Å²) < 4.78 is 1.28. The van der Waals surface area contributed by atoms with Crippen molar-refractivity contribution >= 4 is 28.8 Å². The van der Waals surface area contributed by atoms with Crippen LogP contribution >= 0.6 is 11.6 Å². The van der Waals surface area contributed by atoms with Gasteiger partial charge in [0.2, 0.25) is 5.65 Å². The Kier molecular flexibility index (Phi) is 3.10. The molecule has 19 heavy (non-hydrogen) atoms. The number of fused-ring (bicyclic) bond motifs is 1. The number of likely N-dealkylation sites (tertiary alicyclic amines) is 1. The van der Waals surface area contributed by atoms with E-state index in [1.807, 2.05) is 0 Å². The summed E-state index contributed by atoms with van der Waals surface area (Å²) in [6.45, 7) is 3.72. The van der Waals surface area contributed by atoms with Crippen LogP contribution in [0, 0.1) is 5.92 Å². The normalized spacial score (nSPS) is 17.1. The first-order valence-electron chi connectivity index (χ1n) is 6.31. The molecule has 0 N–H and O–H groups in total. The summed E-state index contributed by atoms with van der Waals surface area (Å²) in [5, 5.41) is 8.24. The maximum atomic E-state index is 12.4. The molecule has 6 nitrogen and oxygen atoms in total. The van der Waals surface area contributed by atoms with Gasteiger partial charge in [-0.3, -0.25) is 0 Å². The maximum absolute atomic E-state index is 12.4. The highest BCUT2D eigenvalue weighted by Gasteiger charge is 2.23. The minimum absolute atomic E-state index is 0.154. The van der Waals surface area contributed by atoms with Crippen molar-refractivity contribution in [1.29, 1.82) is 0 Å². The van der Waals surface area contributed by atoms with E-state index in [9.17, 15) is 4.79 Å². The van der Waals surface area contributed by atoms with Gasteiger partial charge in [-0.2, -0.15) is 4.68 Å². The molecule has 7 heteroatoms. The Hall–Kier alpha value is -1.69. The molecule has 0 aliphatic carbocycles. The fourth-order valence-electron chi connectivity index (χ4n) is 2.26. The van der Waals surface area contributed by atoms with E-state index in [1.54, 1.807) is 11.0 Å². The van der Waals surface area contributed by atoms with Gasteiger partial charge in [-0.05, 0) is 24.8 Å². The first-order chi connectivity index (χ1) is 9.15. The third-order valence-electron chi connectivity index (χ3n) is 3.51. The molecular formula is C12H14ClN5O. The highest BCUT2D eigenvalue weighted by Crippen LogP contribution is 2.19. The van der Waals surface area contributed by atoms with Crippen molar-refractivity contribution in [2.75, 3.05) is 13.1 Å². The molecule has 100 valence electrons. The maximum Gasteiger partial charge on any atom is 0.346 e. The molecule has 0 atom stereocenters. The van der Waals surface area contributed by atoms with E-state index >= 15 is 0 Å². The van der Waals surface area contributed by atoms with Crippen LogP contribution in [0.25, 0.3) is 11.2 Å². The van der Waals surface area contributed by atoms with Gasteiger partial charge in [0, 0.05) is 19.3 Å². The fourth-order valence-corrected chi connectivity index (χ4v) is 2.42. The summed E-state index contributed by atoms with van der Waals surface area (Å²) in [6, 6.07) is 1.51. The highest BCUT2D eigenvalue weighted by molar-refractivity contribution is 6.31. The van der Waals surface area contributed by atoms with Crippen LogP contribution < -0.4 is 0 Å². The Morgan fingerprint density at radius 2 is 2.16 bits per heavy atom. The van der Waals surface area contributed by atoms with E-state index in [4.69, 9.17) is 11.6 Å². The number of hydrogen-bond acceptors (Lipinski definition) is 4. The van der Waals surface area contributed by atoms with Crippen LogP contribution in [0.2, 0.25) is 5.02 Å². The molecule has 2 aromatic heterocycles. The number of rotatable bonds is 0. The molecule has 1 aliphatic rings. The molecule has 3 rings (SSSR count). The van der Waals surface area contributed by atoms with Crippen LogP contribution in [0.3, 0.4) is 0 Å². The van der Waals surface area contributed by atoms with Gasteiger partial charge in [0.15, 0.2) is 0 Å². The topological polar surface area (TPSA) is 63.9 Å². The number of halogens is 1. The molecule has 3 heterocycles. The second-order valence-corrected chi connectivity index (χ2v) is 5.39. The van der Waals surface area contributed by atoms with Gasteiger partial charge in [-0.15, -0.1) is 5.10 Å². The van der Waals surface area contributed by atoms with Crippen LogP contribution in [0.1, 0.15) is 19.8 Å². The molecule has 2 aromatic rings. The van der Waals surface area contributed by atoms with Crippen molar-refractivity contribution in [2.24, 2.45) is 5.92 Å². The minimum Gasteiger partial charge on any atom is -0.323 e. The Morgan fingerprint density at radius 1 is 1.42 bits per heavy atom. The lowest BCUT2D eigenvalue weighted by Gasteiger charge is -2.29. The number of pyridine rings is 1. The molecule has 0 unspecified atom stereocenters. The number of nitrogens with zero attached hydrogens (tertiary/aromatic N) is 5. The first-order valence-corrected chi connectivity index (χ1v) is 6.69. The number of aromatic nitrogens is 4. The summed E-state index contributed by atoms with van der Waals surface area (Å²) in [5.41, 5.74) is 0.985. The quantitative estimate of drug-likeness (QED) is 0.741. The third kappa shape index (κ3) is 2.28. The number of piperidine rings is 1. The molecule has 1 fully saturated rings. The van der Waals surface area contributed by atoms with Crippen LogP contribution in [0.15, 0.2) is 12.3 Å². The van der Waals surface area contributed by atoms with Crippen molar-refractivity contribution in [3.63, 3.8) is 0 Å². The Labute approximate surface area is 115 Å². The SMILES string of the molecule is CC1CCN(C(=O)n2nnc3ncc(Cl)cc32)CC1. The lowest BCUT2D eigenvalue weighted by atomic mass is 10.00. The molecule has 1 amide bonds. The summed E-state index contributed by atoms with van der Waals surface area (Å²) in [4.78, 5) is 18.3. The standard InChI is InChI=1S/C12H14ClN5O/c1-8-2-4-17(5-3-8)12(19)18-10-6-9(13)7-14-11(10)15-16-18/h6-8H,2-5H2,1H3. The van der Waals surface area contributed by atoms with Crippen LogP contribution in [-0.4, -0.2) is 44.0 Å². The molecule has 0 bridgehead atoms. The highest BCUT2D eigenvalue weighted by atomic mass is 35.5. The van der Waals surface area contributed by atoms with E-state index in [2.05, 4.69) is 22.2 Å². The summed E-state index contributed by atoms with van der Waals surface area (Å²) in [7, 11) is 0. The number of amides is 1. The molecular weight excluding hydrogens is 266 g/mol. The van der Waals surface area contributed by atoms with Crippen molar-refractivity contribution in [2.45, 2.75) is 19.8 Å². The first kappa shape index (κ1) is 12.3. The molecule has 1 saturated heterocycles. The Morgan fingerprint density at radius 3 is 2.89 bits per heavy atom. The fraction of sp³-hybridized carbons (Fsp3) is 0.500. The smallest absolute Gasteiger partial charge is 0.323 e. The van der Waals surface area contributed by atoms with Gasteiger partial charge in [0.25, 0.3) is 0 Å². The predicted molar refractivity (Wildman–Crippen MR) is 71.1 cm³/mol. The average molecular weight is 280 g/mol. The van der Waals surface area contributed by atoms with Crippen LogP contribution in [0.4, 0.5) is 4.79 Å². The average Bonchev–Trinajstić information content (AvgIpc) is 2.81. The lowest BCUT2D eigenvalue weighted by molar-refractivity contribution is 0.173. The summed E-state index contributed by atoms with van der Waals surface area (Å²) in [6.07, 6.45) is 3.55. The van der Waals surface area contributed by atoms with Gasteiger partial charge in [0.05, 0.1) is 5.02 Å². The lowest BCUT2D eigenvalue weighted by Crippen LogP contribution is -2.40. The van der Waals surface area contributed by atoms with Gasteiger partial charge in [-0.1, -0.05) is 23.7 Å². The monoisotopic (exact) mass is 279 g/mol. The zero-order valence-electron chi connectivity index (χ0n) is 10.6. The largest absolute Gasteiger partial charge is 0.346 e. The summed E-state index contributed by atoms with van der Waals surface area (Å²) in [5.74, 6) is 0.674. The zero-order valence-corrected chi connectivity index (χ0v) is 11.3. The number of carbonyl (C=O) groups is 1. The molecule has 1 aliphatic heterocycles. The number of carbonyl (C=O) groups excluding carboxylic acids is 1. The van der Waals surface area contributed by atoms with Gasteiger partial charge < -0.3 is 4.90 Å². The second-order valence-electron chi connectivity index (χ2n) is 4.95. The van der Waals surface area contributed by atoms with E-state index in [0.717, 1.165) is 25.9 Å². The predicted octanol–water partition coefficient (Wildman–Crippen LogP) is 2.18. The Balaban J connectivity index is 1.91. The van der Waals surface area contributed by atoms with Gasteiger partial charge in [-0.25, -0.2) is 9.78 Å². The van der Waals surface area contributed by atoms with E-state index in [-0.39, 0.29) is 6.03 Å². The number of hydrogen-bond donors (Lipinski definition) is 0. The summed E-state index contributed by atoms with van der Waals surface area (Å²) >= 11 is 5.90. The van der Waals surface area contributed by atoms with Crippen molar-refractivity contribution in [1.82, 2.24) is 24.9 Å². The van der Waals surface area contributed by atoms with Crippen molar-refractivity contribution < 1.29 is 4.79 Å². The second kappa shape index (κ2) is 4.77. The van der Waals surface area contributed by atoms with E-state index in [1.165, 1.54) is 10.9 Å². The van der Waals surface area contributed by atoms with Crippen LogP contribution in [0.5, 0.6) is 0 Å². The van der Waals surface area contributed by atoms with Crippen molar-refractivity contribution in [3.8, 4) is 0 Å². The van der Waals surface area contributed by atoms with Gasteiger partial charge >= 0.3 is 6.03 Å². The molecule has 0 aromatic carbocycles.